The maximum atomic E-state index is 14.6. The molecule has 0 unspecified atom stereocenters. The van der Waals surface area contributed by atoms with Crippen LogP contribution in [-0.2, 0) is 24.1 Å². The number of aryl methyl sites for hydroxylation is 2. The number of nitrogens with one attached hydrogen (secondary N) is 1. The van der Waals surface area contributed by atoms with E-state index in [0.717, 1.165) is 16.8 Å². The molecule has 2 aromatic carbocycles. The molecule has 7 heteroatoms. The Balaban J connectivity index is 1.65. The van der Waals surface area contributed by atoms with Crippen LogP contribution in [0.3, 0.4) is 0 Å². The molecule has 0 aliphatic heterocycles. The minimum atomic E-state index is -0.451. The molecule has 0 aliphatic carbocycles. The monoisotopic (exact) mass is 435 g/mol. The summed E-state index contributed by atoms with van der Waals surface area (Å²) in [5, 5.41) is 3.11. The van der Waals surface area contributed by atoms with E-state index < -0.39 is 5.82 Å². The van der Waals surface area contributed by atoms with Crippen molar-refractivity contribution in [1.82, 2.24) is 9.97 Å². The van der Waals surface area contributed by atoms with Gasteiger partial charge in [-0.3, -0.25) is 9.59 Å². The van der Waals surface area contributed by atoms with E-state index in [2.05, 4.69) is 15.3 Å². The highest BCUT2D eigenvalue weighted by atomic mass is 19.1. The van der Waals surface area contributed by atoms with Crippen LogP contribution in [0.4, 0.5) is 16.0 Å². The van der Waals surface area contributed by atoms with E-state index >= 15 is 0 Å². The molecule has 0 bridgehead atoms. The molecule has 1 aromatic heterocycles. The first-order valence-electron chi connectivity index (χ1n) is 10.5. The molecule has 0 aliphatic rings. The van der Waals surface area contributed by atoms with Gasteiger partial charge < -0.3 is 10.1 Å². The van der Waals surface area contributed by atoms with Crippen LogP contribution in [0.5, 0.6) is 5.75 Å². The smallest absolute Gasteiger partial charge is 0.227 e. The summed E-state index contributed by atoms with van der Waals surface area (Å²) < 4.78 is 19.7. The number of aromatic nitrogens is 2. The number of hydrogen-bond donors (Lipinski definition) is 1. The van der Waals surface area contributed by atoms with E-state index in [1.54, 1.807) is 32.3 Å². The Bertz CT molecular complexity index is 1100. The van der Waals surface area contributed by atoms with Crippen molar-refractivity contribution in [2.45, 2.75) is 39.5 Å². The molecule has 1 N–H and O–H groups in total. The van der Waals surface area contributed by atoms with Crippen molar-refractivity contribution in [3.8, 4) is 5.75 Å². The fourth-order valence-electron chi connectivity index (χ4n) is 3.30. The molecule has 0 spiro atoms. The minimum absolute atomic E-state index is 0.0577. The summed E-state index contributed by atoms with van der Waals surface area (Å²) >= 11 is 0. The summed E-state index contributed by atoms with van der Waals surface area (Å²) in [5.74, 6) is 0.123. The van der Waals surface area contributed by atoms with Crippen LogP contribution >= 0.6 is 0 Å². The van der Waals surface area contributed by atoms with Gasteiger partial charge in [0.2, 0.25) is 5.95 Å². The van der Waals surface area contributed by atoms with Gasteiger partial charge in [0, 0.05) is 36.5 Å². The van der Waals surface area contributed by atoms with E-state index in [9.17, 15) is 14.0 Å². The molecule has 0 fully saturated rings. The Morgan fingerprint density at radius 1 is 1.03 bits per heavy atom. The highest BCUT2D eigenvalue weighted by Gasteiger charge is 2.15. The van der Waals surface area contributed by atoms with Crippen LogP contribution in [0.25, 0.3) is 0 Å². The van der Waals surface area contributed by atoms with Crippen molar-refractivity contribution >= 4 is 23.2 Å². The lowest BCUT2D eigenvalue weighted by atomic mass is 10.00. The third-order valence-corrected chi connectivity index (χ3v) is 5.03. The average Bonchev–Trinajstić information content (AvgIpc) is 2.79. The van der Waals surface area contributed by atoms with Crippen LogP contribution in [0, 0.1) is 5.82 Å². The van der Waals surface area contributed by atoms with Crippen molar-refractivity contribution in [2.75, 3.05) is 12.4 Å². The van der Waals surface area contributed by atoms with E-state index in [-0.39, 0.29) is 17.3 Å². The predicted octanol–water partition coefficient (Wildman–Crippen LogP) is 4.88. The van der Waals surface area contributed by atoms with Crippen molar-refractivity contribution in [1.29, 1.82) is 0 Å². The van der Waals surface area contributed by atoms with Gasteiger partial charge in [-0.15, -0.1) is 0 Å². The maximum Gasteiger partial charge on any atom is 0.227 e. The third-order valence-electron chi connectivity index (χ3n) is 5.03. The van der Waals surface area contributed by atoms with Crippen LogP contribution < -0.4 is 10.1 Å². The SMILES string of the molecule is CCC(=O)c1cc(CCc2cnc(Nc3ccc(CC(C)=O)cc3)nc2)c(F)c(OC)c1. The Kier molecular flexibility index (Phi) is 7.65. The summed E-state index contributed by atoms with van der Waals surface area (Å²) in [5.41, 5.74) is 3.49. The van der Waals surface area contributed by atoms with E-state index in [0.29, 0.717) is 42.8 Å². The third kappa shape index (κ3) is 5.97. The van der Waals surface area contributed by atoms with Gasteiger partial charge in [0.05, 0.1) is 7.11 Å². The molecule has 32 heavy (non-hydrogen) atoms. The second kappa shape index (κ2) is 10.6. The number of benzene rings is 2. The fourth-order valence-corrected chi connectivity index (χ4v) is 3.30. The van der Waals surface area contributed by atoms with Gasteiger partial charge in [0.25, 0.3) is 0 Å². The lowest BCUT2D eigenvalue weighted by molar-refractivity contribution is -0.116. The average molecular weight is 435 g/mol. The summed E-state index contributed by atoms with van der Waals surface area (Å²) in [6, 6.07) is 10.6. The molecule has 0 saturated carbocycles. The summed E-state index contributed by atoms with van der Waals surface area (Å²) in [6.07, 6.45) is 5.04. The zero-order valence-corrected chi connectivity index (χ0v) is 18.4. The number of anilines is 2. The number of ketones is 2. The number of ether oxygens (including phenoxy) is 1. The number of rotatable bonds is 10. The van der Waals surface area contributed by atoms with E-state index in [4.69, 9.17) is 4.74 Å². The quantitative estimate of drug-likeness (QED) is 0.457. The fraction of sp³-hybridized carbons (Fsp3) is 0.280. The molecule has 0 saturated heterocycles. The minimum Gasteiger partial charge on any atom is -0.494 e. The van der Waals surface area contributed by atoms with Gasteiger partial charge >= 0.3 is 0 Å². The summed E-state index contributed by atoms with van der Waals surface area (Å²) in [6.45, 7) is 3.33. The number of nitrogens with zero attached hydrogens (tertiary/aromatic N) is 2. The second-order valence-electron chi connectivity index (χ2n) is 7.54. The van der Waals surface area contributed by atoms with Crippen LogP contribution in [0.15, 0.2) is 48.8 Å². The Morgan fingerprint density at radius 3 is 2.31 bits per heavy atom. The van der Waals surface area contributed by atoms with Gasteiger partial charge in [0.15, 0.2) is 17.3 Å². The maximum absolute atomic E-state index is 14.6. The molecule has 0 amide bonds. The second-order valence-corrected chi connectivity index (χ2v) is 7.54. The number of methoxy groups -OCH3 is 1. The molecule has 1 heterocycles. The molecular weight excluding hydrogens is 409 g/mol. The van der Waals surface area contributed by atoms with Gasteiger partial charge in [-0.2, -0.15) is 0 Å². The normalized spacial score (nSPS) is 10.6. The number of halogens is 1. The lowest BCUT2D eigenvalue weighted by Crippen LogP contribution is -2.04. The van der Waals surface area contributed by atoms with Crippen molar-refractivity contribution in [3.63, 3.8) is 0 Å². The number of carbonyl (C=O) groups excluding carboxylic acids is 2. The van der Waals surface area contributed by atoms with Gasteiger partial charge in [0.1, 0.15) is 5.78 Å². The van der Waals surface area contributed by atoms with Gasteiger partial charge in [-0.1, -0.05) is 19.1 Å². The molecule has 0 atom stereocenters. The van der Waals surface area contributed by atoms with E-state index in [1.165, 1.54) is 13.2 Å². The Labute approximate surface area is 186 Å². The van der Waals surface area contributed by atoms with Crippen molar-refractivity contribution in [2.24, 2.45) is 0 Å². The first-order chi connectivity index (χ1) is 15.4. The first-order valence-corrected chi connectivity index (χ1v) is 10.5. The van der Waals surface area contributed by atoms with Crippen molar-refractivity contribution in [3.05, 3.63) is 76.9 Å². The predicted molar refractivity (Wildman–Crippen MR) is 121 cm³/mol. The number of Topliss-reactive ketones (excluding diaryl/α,β-unsaturated/α-hetero) is 2. The van der Waals surface area contributed by atoms with Gasteiger partial charge in [-0.25, -0.2) is 14.4 Å². The summed E-state index contributed by atoms with van der Waals surface area (Å²) in [7, 11) is 1.39. The molecule has 166 valence electrons. The standard InChI is InChI=1S/C25H26FN3O3/c1-4-22(31)20-12-19(24(26)23(13-20)32-3)8-5-18-14-27-25(28-15-18)29-21-9-6-17(7-10-21)11-16(2)30/h6-7,9-10,12-15H,4-5,8,11H2,1-3H3,(H,27,28,29). The number of carbonyl (C=O) groups is 2. The first kappa shape index (κ1) is 23.1. The largest absolute Gasteiger partial charge is 0.494 e. The molecule has 3 aromatic rings. The Morgan fingerprint density at radius 2 is 1.72 bits per heavy atom. The zero-order chi connectivity index (χ0) is 23.1. The van der Waals surface area contributed by atoms with Crippen LogP contribution in [-0.4, -0.2) is 28.6 Å². The summed E-state index contributed by atoms with van der Waals surface area (Å²) in [4.78, 5) is 31.9. The van der Waals surface area contributed by atoms with Crippen molar-refractivity contribution < 1.29 is 18.7 Å². The highest BCUT2D eigenvalue weighted by Crippen LogP contribution is 2.25. The van der Waals surface area contributed by atoms with Gasteiger partial charge in [-0.05, 0) is 60.7 Å². The zero-order valence-electron chi connectivity index (χ0n) is 18.4. The lowest BCUT2D eigenvalue weighted by Gasteiger charge is -2.11. The van der Waals surface area contributed by atoms with E-state index in [1.807, 2.05) is 24.3 Å². The van der Waals surface area contributed by atoms with Crippen LogP contribution in [0.2, 0.25) is 0 Å². The van der Waals surface area contributed by atoms with Crippen LogP contribution in [0.1, 0.15) is 47.3 Å². The number of hydrogen-bond acceptors (Lipinski definition) is 6. The molecular formula is C25H26FN3O3. The molecule has 3 rings (SSSR count). The molecule has 0 radical (unpaired) electrons. The topological polar surface area (TPSA) is 81.2 Å². The highest BCUT2D eigenvalue weighted by molar-refractivity contribution is 5.96. The molecule has 6 nitrogen and oxygen atoms in total. The Hall–Kier alpha value is -3.61.